The van der Waals surface area contributed by atoms with E-state index in [0.29, 0.717) is 25.7 Å². The number of rotatable bonds is 14. The molecule has 404 valence electrons. The Bertz CT molecular complexity index is 1980. The smallest absolute Gasteiger partial charge is 0.245 e. The van der Waals surface area contributed by atoms with Crippen LogP contribution in [0.5, 0.6) is 0 Å². The molecule has 0 aromatic heterocycles. The van der Waals surface area contributed by atoms with Gasteiger partial charge in [-0.05, 0) is 91.9 Å². The minimum atomic E-state index is -1.28. The molecular formula is C44H74N14O14. The highest BCUT2D eigenvalue weighted by atomic mass is 16.3. The summed E-state index contributed by atoms with van der Waals surface area (Å²) in [5.41, 5.74) is 11.1. The monoisotopic (exact) mass is 1020 g/mol. The van der Waals surface area contributed by atoms with Gasteiger partial charge in [0.1, 0.15) is 60.4 Å². The lowest BCUT2D eigenvalue weighted by Crippen LogP contribution is -2.58. The van der Waals surface area contributed by atoms with Crippen molar-refractivity contribution < 1.29 is 67.7 Å². The number of hydrogen-bond donors (Lipinski definition) is 14. The van der Waals surface area contributed by atoms with Crippen molar-refractivity contribution in [2.75, 3.05) is 52.5 Å². The van der Waals surface area contributed by atoms with E-state index in [1.54, 1.807) is 0 Å². The van der Waals surface area contributed by atoms with Crippen LogP contribution in [0.2, 0.25) is 0 Å². The van der Waals surface area contributed by atoms with E-state index < -0.39 is 158 Å². The first-order valence-electron chi connectivity index (χ1n) is 24.3. The summed E-state index contributed by atoms with van der Waals surface area (Å²) >= 11 is 0. The van der Waals surface area contributed by atoms with Crippen LogP contribution in [0.25, 0.3) is 0 Å². The van der Waals surface area contributed by atoms with Crippen molar-refractivity contribution in [2.45, 2.75) is 152 Å². The van der Waals surface area contributed by atoms with Crippen LogP contribution in [0, 0.1) is 0 Å². The van der Waals surface area contributed by atoms with Gasteiger partial charge in [-0.2, -0.15) is 0 Å². The zero-order chi connectivity index (χ0) is 53.7. The first-order valence-corrected chi connectivity index (χ1v) is 24.3. The molecule has 16 N–H and O–H groups in total. The number of fused-ring (bicyclic) bond motifs is 2. The maximum absolute atomic E-state index is 13.8. The van der Waals surface area contributed by atoms with Gasteiger partial charge in [0.05, 0.1) is 26.3 Å². The molecule has 3 heterocycles. The Hall–Kier alpha value is -6.52. The minimum absolute atomic E-state index is 0.00631. The molecule has 3 rings (SSSR count). The molecule has 12 amide bonds. The number of aliphatic hydroxyl groups excluding tert-OH is 2. The Morgan fingerprint density at radius 1 is 0.528 bits per heavy atom. The van der Waals surface area contributed by atoms with E-state index in [0.717, 1.165) is 0 Å². The van der Waals surface area contributed by atoms with Crippen molar-refractivity contribution >= 4 is 70.9 Å². The summed E-state index contributed by atoms with van der Waals surface area (Å²) < 4.78 is 0. The van der Waals surface area contributed by atoms with Gasteiger partial charge in [0.15, 0.2) is 0 Å². The quantitative estimate of drug-likeness (QED) is 0.0719. The molecule has 3 saturated heterocycles. The molecule has 0 aromatic carbocycles. The lowest BCUT2D eigenvalue weighted by atomic mass is 10.1. The number of aliphatic hydroxyl groups is 2. The second-order valence-electron chi connectivity index (χ2n) is 18.1. The molecule has 3 fully saturated rings. The summed E-state index contributed by atoms with van der Waals surface area (Å²) in [6.45, 7) is 3.59. The molecule has 10 atom stereocenters. The van der Waals surface area contributed by atoms with Gasteiger partial charge >= 0.3 is 0 Å². The van der Waals surface area contributed by atoms with Crippen molar-refractivity contribution in [2.24, 2.45) is 11.5 Å². The number of hydrogen-bond acceptors (Lipinski definition) is 16. The number of unbranched alkanes of at least 4 members (excludes halogenated alkanes) is 2. The molecule has 28 nitrogen and oxygen atoms in total. The van der Waals surface area contributed by atoms with E-state index in [1.165, 1.54) is 37.5 Å². The van der Waals surface area contributed by atoms with Crippen molar-refractivity contribution in [1.29, 1.82) is 0 Å². The lowest BCUT2D eigenvalue weighted by molar-refractivity contribution is -0.142. The Labute approximate surface area is 417 Å². The molecule has 2 unspecified atom stereocenters. The summed E-state index contributed by atoms with van der Waals surface area (Å²) in [5, 5.41) is 43.5. The minimum Gasteiger partial charge on any atom is -0.394 e. The zero-order valence-electron chi connectivity index (χ0n) is 41.3. The van der Waals surface area contributed by atoms with Crippen LogP contribution in [0.4, 0.5) is 0 Å². The number of amides is 12. The van der Waals surface area contributed by atoms with Gasteiger partial charge in [-0.15, -0.1) is 0 Å². The van der Waals surface area contributed by atoms with E-state index >= 15 is 0 Å². The van der Waals surface area contributed by atoms with E-state index in [4.69, 9.17) is 21.7 Å². The van der Waals surface area contributed by atoms with Crippen LogP contribution < -0.4 is 64.6 Å². The fourth-order valence-corrected chi connectivity index (χ4v) is 8.07. The highest BCUT2D eigenvalue weighted by Gasteiger charge is 2.39. The molecule has 0 aliphatic carbocycles. The number of nitrogens with one attached hydrogen (secondary N) is 10. The summed E-state index contributed by atoms with van der Waals surface area (Å²) in [6.07, 6.45) is 2.37. The SMILES string of the molecule is C[C@@H]1NC(=O)CNC(=O)[C@@H]2CCCN2C(=O)[C@H](C)NC(=O)[C@H](C)NC(=O)[C@H](CCCCNC(=O)C(N)CO)NC(=O)CNC(=O)[C@@H]2CCCN2C(=O)[C@H](C)NC(=O)[C@H](CCCCNC(=O)C(N)CO)NC1=O. The molecule has 0 aromatic rings. The van der Waals surface area contributed by atoms with Gasteiger partial charge in [-0.1, -0.05) is 0 Å². The summed E-state index contributed by atoms with van der Waals surface area (Å²) in [5.74, 6) is -8.59. The molecule has 3 aliphatic heterocycles. The first kappa shape index (κ1) is 59.8. The van der Waals surface area contributed by atoms with Crippen LogP contribution in [0.15, 0.2) is 0 Å². The standard InChI is InChI=1S/C44H74N14O14/c1-23-36(64)56-30(12-6-8-16-48-38(66)28(46)22-60)40(68)54-26(4)44(72)58-18-10-14-32(58)42(70)50-20-34(62)55-29(11-5-7-15-47-37(65)27(45)21-59)39(67)52-24(2)35(63)53-25(3)43(71)57-17-9-13-31(57)41(69)49-19-33(61)51-23/h23-32,59-60H,5-22,45-46H2,1-4H3,(H,47,65)(H,48,66)(H,49,69)(H,50,70)(H,51,61)(H,52,67)(H,53,63)(H,54,68)(H,55,62)(H,56,64)/t23-,24-,25-,26-,27?,28?,29-,30-,31-,32-/m0/s1. The number of carbonyl (C=O) groups is 12. The molecule has 0 spiro atoms. The molecule has 0 saturated carbocycles. The van der Waals surface area contributed by atoms with E-state index in [2.05, 4.69) is 53.2 Å². The molecule has 0 radical (unpaired) electrons. The summed E-state index contributed by atoms with van der Waals surface area (Å²) in [4.78, 5) is 161. The van der Waals surface area contributed by atoms with Crippen molar-refractivity contribution in [3.8, 4) is 0 Å². The molecular weight excluding hydrogens is 949 g/mol. The number of nitrogens with zero attached hydrogens (tertiary/aromatic N) is 2. The molecule has 3 aliphatic rings. The second-order valence-corrected chi connectivity index (χ2v) is 18.1. The Morgan fingerprint density at radius 3 is 1.35 bits per heavy atom. The fraction of sp³-hybridized carbons (Fsp3) is 0.727. The van der Waals surface area contributed by atoms with E-state index in [1.807, 2.05) is 0 Å². The van der Waals surface area contributed by atoms with Crippen LogP contribution in [-0.4, -0.2) is 204 Å². The van der Waals surface area contributed by atoms with Gasteiger partial charge in [0, 0.05) is 26.2 Å². The normalized spacial score (nSPS) is 27.0. The summed E-state index contributed by atoms with van der Waals surface area (Å²) in [7, 11) is 0. The van der Waals surface area contributed by atoms with E-state index in [9.17, 15) is 57.5 Å². The third-order valence-electron chi connectivity index (χ3n) is 12.3. The predicted octanol–water partition coefficient (Wildman–Crippen LogP) is -7.59. The van der Waals surface area contributed by atoms with Crippen LogP contribution in [-0.2, 0) is 57.5 Å². The van der Waals surface area contributed by atoms with Gasteiger partial charge in [-0.25, -0.2) is 0 Å². The number of nitrogens with two attached hydrogens (primary N) is 2. The highest BCUT2D eigenvalue weighted by Crippen LogP contribution is 2.20. The molecule has 0 bridgehead atoms. The van der Waals surface area contributed by atoms with Gasteiger partial charge in [-0.3, -0.25) is 57.5 Å². The second kappa shape index (κ2) is 29.7. The largest absolute Gasteiger partial charge is 0.394 e. The average Bonchev–Trinajstić information content (AvgIpc) is 4.06. The van der Waals surface area contributed by atoms with E-state index in [-0.39, 0.29) is 64.7 Å². The van der Waals surface area contributed by atoms with Crippen LogP contribution in [0.1, 0.15) is 91.9 Å². The van der Waals surface area contributed by atoms with Crippen LogP contribution >= 0.6 is 0 Å². The van der Waals surface area contributed by atoms with Crippen molar-refractivity contribution in [3.05, 3.63) is 0 Å². The van der Waals surface area contributed by atoms with Gasteiger partial charge in [0.25, 0.3) is 0 Å². The molecule has 72 heavy (non-hydrogen) atoms. The first-order chi connectivity index (χ1) is 34.1. The maximum atomic E-state index is 13.8. The Kier molecular flexibility index (Phi) is 24.7. The summed E-state index contributed by atoms with van der Waals surface area (Å²) in [6, 6.07) is -11.8. The Morgan fingerprint density at radius 2 is 0.903 bits per heavy atom. The highest BCUT2D eigenvalue weighted by molar-refractivity contribution is 5.98. The van der Waals surface area contributed by atoms with Crippen molar-refractivity contribution in [3.63, 3.8) is 0 Å². The fourth-order valence-electron chi connectivity index (χ4n) is 8.07. The van der Waals surface area contributed by atoms with Crippen molar-refractivity contribution in [1.82, 2.24) is 63.0 Å². The predicted molar refractivity (Wildman–Crippen MR) is 254 cm³/mol. The topological polar surface area (TPSA) is 424 Å². The third kappa shape index (κ3) is 18.6. The van der Waals surface area contributed by atoms with Gasteiger partial charge in [0.2, 0.25) is 70.9 Å². The molecule has 28 heteroatoms. The Balaban J connectivity index is 1.85. The van der Waals surface area contributed by atoms with Gasteiger partial charge < -0.3 is 84.6 Å². The average molecular weight is 1020 g/mol. The number of carbonyl (C=O) groups excluding carboxylic acids is 12. The third-order valence-corrected chi connectivity index (χ3v) is 12.3. The maximum Gasteiger partial charge on any atom is 0.245 e. The zero-order valence-corrected chi connectivity index (χ0v) is 41.3. The lowest BCUT2D eigenvalue weighted by Gasteiger charge is -2.29. The van der Waals surface area contributed by atoms with Crippen LogP contribution in [0.3, 0.4) is 0 Å².